The molecule has 0 bridgehead atoms. The minimum atomic E-state index is -0.299. The maximum absolute atomic E-state index is 12.2. The fraction of sp³-hybridized carbons (Fsp3) is 0.263. The highest BCUT2D eigenvalue weighted by Crippen LogP contribution is 2.13. The SMILES string of the molecule is CCOc1ccc(C(=O)NCC(=O)N(C)Cc2cccc(Cl)c2)cc1. The summed E-state index contributed by atoms with van der Waals surface area (Å²) in [6.45, 7) is 2.83. The highest BCUT2D eigenvalue weighted by atomic mass is 35.5. The predicted octanol–water partition coefficient (Wildman–Crippen LogP) is 3.13. The van der Waals surface area contributed by atoms with Crippen molar-refractivity contribution in [1.82, 2.24) is 10.2 Å². The highest BCUT2D eigenvalue weighted by Gasteiger charge is 2.12. The van der Waals surface area contributed by atoms with Gasteiger partial charge in [0.2, 0.25) is 5.91 Å². The van der Waals surface area contributed by atoms with Gasteiger partial charge in [-0.05, 0) is 48.9 Å². The summed E-state index contributed by atoms with van der Waals surface area (Å²) in [7, 11) is 1.69. The number of benzene rings is 2. The number of ether oxygens (including phenoxy) is 1. The van der Waals surface area contributed by atoms with Crippen LogP contribution in [0.25, 0.3) is 0 Å². The number of nitrogens with one attached hydrogen (secondary N) is 1. The van der Waals surface area contributed by atoms with Crippen LogP contribution in [0, 0.1) is 0 Å². The van der Waals surface area contributed by atoms with Gasteiger partial charge in [-0.15, -0.1) is 0 Å². The average molecular weight is 361 g/mol. The smallest absolute Gasteiger partial charge is 0.251 e. The molecule has 0 atom stereocenters. The van der Waals surface area contributed by atoms with Gasteiger partial charge in [0.1, 0.15) is 5.75 Å². The average Bonchev–Trinajstić information content (AvgIpc) is 2.60. The van der Waals surface area contributed by atoms with Crippen molar-refractivity contribution in [3.05, 3.63) is 64.7 Å². The van der Waals surface area contributed by atoms with Crippen molar-refractivity contribution >= 4 is 23.4 Å². The number of nitrogens with zero attached hydrogens (tertiary/aromatic N) is 1. The van der Waals surface area contributed by atoms with E-state index in [4.69, 9.17) is 16.3 Å². The monoisotopic (exact) mass is 360 g/mol. The van der Waals surface area contributed by atoms with E-state index in [0.717, 1.165) is 5.56 Å². The summed E-state index contributed by atoms with van der Waals surface area (Å²) in [6, 6.07) is 14.1. The third-order valence-corrected chi connectivity index (χ3v) is 3.80. The number of hydrogen-bond acceptors (Lipinski definition) is 3. The minimum Gasteiger partial charge on any atom is -0.494 e. The van der Waals surface area contributed by atoms with Gasteiger partial charge in [-0.25, -0.2) is 0 Å². The van der Waals surface area contributed by atoms with Crippen molar-refractivity contribution in [2.75, 3.05) is 20.2 Å². The molecule has 2 amide bonds. The summed E-state index contributed by atoms with van der Waals surface area (Å²) in [5, 5.41) is 3.26. The van der Waals surface area contributed by atoms with Crippen LogP contribution >= 0.6 is 11.6 Å². The topological polar surface area (TPSA) is 58.6 Å². The zero-order chi connectivity index (χ0) is 18.2. The first-order valence-corrected chi connectivity index (χ1v) is 8.37. The minimum absolute atomic E-state index is 0.0664. The number of carbonyl (C=O) groups excluding carboxylic acids is 2. The van der Waals surface area contributed by atoms with Crippen molar-refractivity contribution in [2.45, 2.75) is 13.5 Å². The number of amides is 2. The van der Waals surface area contributed by atoms with E-state index in [1.807, 2.05) is 25.1 Å². The molecule has 0 fully saturated rings. The second-order valence-electron chi connectivity index (χ2n) is 5.52. The fourth-order valence-corrected chi connectivity index (χ4v) is 2.47. The lowest BCUT2D eigenvalue weighted by atomic mass is 10.2. The number of carbonyl (C=O) groups is 2. The van der Waals surface area contributed by atoms with Crippen LogP contribution in [0.1, 0.15) is 22.8 Å². The third-order valence-electron chi connectivity index (χ3n) is 3.56. The molecular weight excluding hydrogens is 340 g/mol. The van der Waals surface area contributed by atoms with Crippen molar-refractivity contribution in [1.29, 1.82) is 0 Å². The Labute approximate surface area is 152 Å². The van der Waals surface area contributed by atoms with E-state index >= 15 is 0 Å². The van der Waals surface area contributed by atoms with E-state index in [0.29, 0.717) is 29.5 Å². The van der Waals surface area contributed by atoms with E-state index in [-0.39, 0.29) is 18.4 Å². The Morgan fingerprint density at radius 3 is 2.52 bits per heavy atom. The largest absolute Gasteiger partial charge is 0.494 e. The van der Waals surface area contributed by atoms with Crippen LogP contribution in [0.15, 0.2) is 48.5 Å². The van der Waals surface area contributed by atoms with Crippen LogP contribution in [0.2, 0.25) is 5.02 Å². The molecule has 0 aliphatic rings. The number of hydrogen-bond donors (Lipinski definition) is 1. The predicted molar refractivity (Wildman–Crippen MR) is 97.9 cm³/mol. The van der Waals surface area contributed by atoms with E-state index < -0.39 is 0 Å². The van der Waals surface area contributed by atoms with Crippen LogP contribution < -0.4 is 10.1 Å². The highest BCUT2D eigenvalue weighted by molar-refractivity contribution is 6.30. The Kier molecular flexibility index (Phi) is 6.83. The molecule has 6 heteroatoms. The summed E-state index contributed by atoms with van der Waals surface area (Å²) in [5.74, 6) is 0.225. The Morgan fingerprint density at radius 2 is 1.88 bits per heavy atom. The van der Waals surface area contributed by atoms with Crippen molar-refractivity contribution < 1.29 is 14.3 Å². The second kappa shape index (κ2) is 9.08. The van der Waals surface area contributed by atoms with Crippen LogP contribution in [0.5, 0.6) is 5.75 Å². The van der Waals surface area contributed by atoms with Crippen LogP contribution in [0.3, 0.4) is 0 Å². The molecule has 0 spiro atoms. The quantitative estimate of drug-likeness (QED) is 0.825. The molecule has 0 aromatic heterocycles. The molecule has 2 aromatic rings. The zero-order valence-electron chi connectivity index (χ0n) is 14.3. The summed E-state index contributed by atoms with van der Waals surface area (Å²) >= 11 is 5.94. The molecule has 2 rings (SSSR count). The molecular formula is C19H21ClN2O3. The lowest BCUT2D eigenvalue weighted by molar-refractivity contribution is -0.129. The molecule has 0 radical (unpaired) electrons. The van der Waals surface area contributed by atoms with Gasteiger partial charge >= 0.3 is 0 Å². The Balaban J connectivity index is 1.84. The van der Waals surface area contributed by atoms with Gasteiger partial charge in [-0.1, -0.05) is 23.7 Å². The zero-order valence-corrected chi connectivity index (χ0v) is 15.0. The van der Waals surface area contributed by atoms with Crippen LogP contribution in [-0.2, 0) is 11.3 Å². The first-order valence-electron chi connectivity index (χ1n) is 7.99. The molecule has 5 nitrogen and oxygen atoms in total. The summed E-state index contributed by atoms with van der Waals surface area (Å²) in [4.78, 5) is 25.8. The lowest BCUT2D eigenvalue weighted by Gasteiger charge is -2.17. The van der Waals surface area contributed by atoms with Crippen molar-refractivity contribution in [3.63, 3.8) is 0 Å². The number of halogens is 1. The maximum Gasteiger partial charge on any atom is 0.251 e. The Morgan fingerprint density at radius 1 is 1.16 bits per heavy atom. The summed E-state index contributed by atoms with van der Waals surface area (Å²) in [5.41, 5.74) is 1.41. The second-order valence-corrected chi connectivity index (χ2v) is 5.96. The molecule has 0 saturated heterocycles. The van der Waals surface area contributed by atoms with Crippen molar-refractivity contribution in [3.8, 4) is 5.75 Å². The van der Waals surface area contributed by atoms with E-state index in [1.54, 1.807) is 42.3 Å². The standard InChI is InChI=1S/C19H21ClN2O3/c1-3-25-17-9-7-15(8-10-17)19(24)21-12-18(23)22(2)13-14-5-4-6-16(20)11-14/h4-11H,3,12-13H2,1-2H3,(H,21,24). The molecule has 0 saturated carbocycles. The van der Waals surface area contributed by atoms with Crippen LogP contribution in [-0.4, -0.2) is 36.9 Å². The van der Waals surface area contributed by atoms with Gasteiger partial charge in [-0.2, -0.15) is 0 Å². The Bertz CT molecular complexity index is 732. The number of rotatable bonds is 7. The normalized spacial score (nSPS) is 10.2. The molecule has 0 heterocycles. The van der Waals surface area contributed by atoms with Gasteiger partial charge in [0, 0.05) is 24.2 Å². The van der Waals surface area contributed by atoms with Gasteiger partial charge < -0.3 is 15.0 Å². The van der Waals surface area contributed by atoms with Crippen LogP contribution in [0.4, 0.5) is 0 Å². The first kappa shape index (κ1) is 18.8. The summed E-state index contributed by atoms with van der Waals surface area (Å²) in [6.07, 6.45) is 0. The molecule has 132 valence electrons. The van der Waals surface area contributed by atoms with Gasteiger partial charge in [0.05, 0.1) is 13.2 Å². The van der Waals surface area contributed by atoms with Crippen molar-refractivity contribution in [2.24, 2.45) is 0 Å². The molecule has 1 N–H and O–H groups in total. The van der Waals surface area contributed by atoms with Gasteiger partial charge in [0.15, 0.2) is 0 Å². The fourth-order valence-electron chi connectivity index (χ4n) is 2.26. The van der Waals surface area contributed by atoms with Gasteiger partial charge in [-0.3, -0.25) is 9.59 Å². The first-order chi connectivity index (χ1) is 12.0. The van der Waals surface area contributed by atoms with E-state index in [2.05, 4.69) is 5.32 Å². The van der Waals surface area contributed by atoms with Gasteiger partial charge in [0.25, 0.3) is 5.91 Å². The third kappa shape index (κ3) is 5.80. The molecule has 0 unspecified atom stereocenters. The summed E-state index contributed by atoms with van der Waals surface area (Å²) < 4.78 is 5.33. The molecule has 0 aliphatic carbocycles. The molecule has 25 heavy (non-hydrogen) atoms. The van der Waals surface area contributed by atoms with E-state index in [1.165, 1.54) is 0 Å². The lowest BCUT2D eigenvalue weighted by Crippen LogP contribution is -2.37. The Hall–Kier alpha value is -2.53. The van der Waals surface area contributed by atoms with E-state index in [9.17, 15) is 9.59 Å². The molecule has 2 aromatic carbocycles. The maximum atomic E-state index is 12.2. The molecule has 0 aliphatic heterocycles. The number of likely N-dealkylation sites (N-methyl/N-ethyl adjacent to an activating group) is 1.